The third kappa shape index (κ3) is 30.6. The van der Waals surface area contributed by atoms with Crippen LogP contribution in [0.25, 0.3) is 0 Å². The molecule has 0 saturated heterocycles. The molecule has 0 aliphatic heterocycles. The number of phosphoric acid groups is 1. The van der Waals surface area contributed by atoms with Crippen LogP contribution < -0.4 is 0 Å². The van der Waals surface area contributed by atoms with Gasteiger partial charge in [-0.1, -0.05) is 40.0 Å². The van der Waals surface area contributed by atoms with E-state index < -0.39 is 54.7 Å². The van der Waals surface area contributed by atoms with Gasteiger partial charge in [-0.25, -0.2) is 29.8 Å². The van der Waals surface area contributed by atoms with Gasteiger partial charge >= 0.3 is 65.2 Å². The summed E-state index contributed by atoms with van der Waals surface area (Å²) in [6, 6.07) is 0. The predicted octanol–water partition coefficient (Wildman–Crippen LogP) is 4.70. The van der Waals surface area contributed by atoms with Gasteiger partial charge in [-0.05, 0) is 19.3 Å². The third-order valence-electron chi connectivity index (χ3n) is 3.09. The van der Waals surface area contributed by atoms with Crippen LogP contribution in [0, 0.1) is 40.8 Å². The number of alkyl halides is 9. The average molecular weight is 858 g/mol. The molecular weight excluding hydrogens is 831 g/mol. The van der Waals surface area contributed by atoms with Crippen LogP contribution in [0.2, 0.25) is 0 Å². The number of rotatable bonds is 12. The molecule has 0 bridgehead atoms. The van der Waals surface area contributed by atoms with E-state index in [1.807, 2.05) is 0 Å². The van der Waals surface area contributed by atoms with Gasteiger partial charge in [0.15, 0.2) is 30.4 Å². The summed E-state index contributed by atoms with van der Waals surface area (Å²) in [5, 5.41) is 0. The molecule has 0 unspecified atom stereocenters. The fraction of sp³-hybridized carbons (Fsp3) is 1.00. The molecule has 0 fully saturated rings. The van der Waals surface area contributed by atoms with Crippen LogP contribution in [0.15, 0.2) is 0 Å². The fourth-order valence-corrected chi connectivity index (χ4v) is 2.36. The van der Waals surface area contributed by atoms with Crippen LogP contribution in [0.1, 0.15) is 59.3 Å². The van der Waals surface area contributed by atoms with Gasteiger partial charge in [0.2, 0.25) is 0 Å². The molecule has 0 aliphatic carbocycles. The molecule has 1 radical (unpaired) electrons. The number of hydrogen-bond acceptors (Lipinski definition) is 13. The largest absolute Gasteiger partial charge is 3.00 e. The zero-order chi connectivity index (χ0) is 34.0. The van der Waals surface area contributed by atoms with Gasteiger partial charge < -0.3 is 13.7 Å². The summed E-state index contributed by atoms with van der Waals surface area (Å²) < 4.78 is 205. The molecular formula is C15H27F9NdO13PS3. The van der Waals surface area contributed by atoms with Gasteiger partial charge in [-0.15, -0.1) is 0 Å². The molecule has 0 rings (SSSR count). The first-order valence-electron chi connectivity index (χ1n) is 10.5. The summed E-state index contributed by atoms with van der Waals surface area (Å²) in [4.78, 5) is 0. The fourth-order valence-electron chi connectivity index (χ4n) is 1.07. The number of hydrogen-bond donors (Lipinski definition) is 0. The van der Waals surface area contributed by atoms with E-state index in [4.69, 9.17) is 52.5 Å². The summed E-state index contributed by atoms with van der Waals surface area (Å²) in [6.45, 7) is 7.49. The number of phosphoric ester groups is 1. The van der Waals surface area contributed by atoms with E-state index in [0.29, 0.717) is 19.8 Å². The van der Waals surface area contributed by atoms with Crippen LogP contribution in [-0.4, -0.2) is 75.3 Å². The van der Waals surface area contributed by atoms with Crippen molar-refractivity contribution in [3.8, 4) is 0 Å². The zero-order valence-electron chi connectivity index (χ0n) is 21.7. The Labute approximate surface area is 269 Å². The quantitative estimate of drug-likeness (QED) is 0.0857. The number of unbranched alkanes of at least 4 members (excludes halogenated alkanes) is 3. The maximum Gasteiger partial charge on any atom is 3.00 e. The molecule has 0 aromatic carbocycles. The topological polar surface area (TPSA) is 216 Å². The van der Waals surface area contributed by atoms with E-state index in [9.17, 15) is 44.1 Å². The van der Waals surface area contributed by atoms with E-state index in [1.165, 1.54) is 0 Å². The van der Waals surface area contributed by atoms with Crippen LogP contribution in [0.3, 0.4) is 0 Å². The van der Waals surface area contributed by atoms with Crippen LogP contribution in [0.5, 0.6) is 0 Å². The maximum atomic E-state index is 12.2. The first kappa shape index (κ1) is 52.1. The van der Waals surface area contributed by atoms with Gasteiger partial charge in [0.25, 0.3) is 0 Å². The van der Waals surface area contributed by atoms with Crippen LogP contribution in [-0.2, 0) is 48.5 Å². The number of halogens is 9. The maximum absolute atomic E-state index is 12.2. The minimum atomic E-state index is -6.09. The molecule has 0 amide bonds. The summed E-state index contributed by atoms with van der Waals surface area (Å²) in [5.74, 6) is 0. The standard InChI is InChI=1S/C12H27O4P.3CHF3O3S.Nd/c1-4-7-10-14-17(13,15-11-8-5-2)16-12-9-6-3;3*2-1(3,4)8(5,6)7;/h4-12H2,1-3H3;3*(H,5,6,7);/q;;;;+3/p-3. The second-order valence-electron chi connectivity index (χ2n) is 6.71. The summed E-state index contributed by atoms with van der Waals surface area (Å²) in [6.07, 6.45) is 5.63. The van der Waals surface area contributed by atoms with Crippen LogP contribution >= 0.6 is 7.82 Å². The molecule has 0 heterocycles. The van der Waals surface area contributed by atoms with Crippen molar-refractivity contribution in [3.63, 3.8) is 0 Å². The first-order valence-corrected chi connectivity index (χ1v) is 16.2. The second-order valence-corrected chi connectivity index (χ2v) is 12.5. The Morgan fingerprint density at radius 1 is 0.524 bits per heavy atom. The Balaban J connectivity index is -0.000000155. The third-order valence-corrected chi connectivity index (χ3v) is 6.29. The Bertz CT molecular complexity index is 930. The minimum Gasteiger partial charge on any atom is -0.741 e. The van der Waals surface area contributed by atoms with Gasteiger partial charge in [0, 0.05) is 0 Å². The van der Waals surface area contributed by atoms with Crippen molar-refractivity contribution in [2.75, 3.05) is 19.8 Å². The van der Waals surface area contributed by atoms with E-state index in [0.717, 1.165) is 38.5 Å². The SMILES string of the molecule is CCCCOP(=O)(OCCCC)OCCCC.O=S(=O)([O-])C(F)(F)F.O=S(=O)([O-])C(F)(F)F.O=S(=O)([O-])C(F)(F)F.[Nd+3]. The van der Waals surface area contributed by atoms with E-state index >= 15 is 0 Å². The van der Waals surface area contributed by atoms with Crippen molar-refractivity contribution in [1.82, 2.24) is 0 Å². The molecule has 0 aromatic rings. The summed E-state index contributed by atoms with van der Waals surface area (Å²) >= 11 is 0. The van der Waals surface area contributed by atoms with Crippen LogP contribution in [0.4, 0.5) is 39.5 Å². The Hall–Kier alpha value is 0.561. The van der Waals surface area contributed by atoms with Gasteiger partial charge in [-0.2, -0.15) is 39.5 Å². The van der Waals surface area contributed by atoms with E-state index in [-0.39, 0.29) is 40.8 Å². The average Bonchev–Trinajstić information content (AvgIpc) is 2.71. The molecule has 0 N–H and O–H groups in total. The van der Waals surface area contributed by atoms with Gasteiger partial charge in [0.05, 0.1) is 19.8 Å². The molecule has 0 aliphatic rings. The second kappa shape index (κ2) is 23.0. The molecule has 0 aromatic heterocycles. The van der Waals surface area contributed by atoms with Crippen molar-refractivity contribution in [1.29, 1.82) is 0 Å². The van der Waals surface area contributed by atoms with Crippen molar-refractivity contribution >= 4 is 38.2 Å². The van der Waals surface area contributed by atoms with Crippen molar-refractivity contribution in [2.45, 2.75) is 75.8 Å². The van der Waals surface area contributed by atoms with Crippen molar-refractivity contribution in [3.05, 3.63) is 0 Å². The van der Waals surface area contributed by atoms with Gasteiger partial charge in [-0.3, -0.25) is 13.6 Å². The molecule has 13 nitrogen and oxygen atoms in total. The Morgan fingerprint density at radius 2 is 0.667 bits per heavy atom. The van der Waals surface area contributed by atoms with Crippen molar-refractivity contribution < 1.29 is 137 Å². The molecule has 42 heavy (non-hydrogen) atoms. The Morgan fingerprint density at radius 3 is 0.762 bits per heavy atom. The molecule has 0 spiro atoms. The first-order chi connectivity index (χ1) is 17.9. The monoisotopic (exact) mass is 855 g/mol. The zero-order valence-corrected chi connectivity index (χ0v) is 28.3. The molecule has 0 saturated carbocycles. The smallest absolute Gasteiger partial charge is 0.741 e. The molecule has 255 valence electrons. The molecule has 0 atom stereocenters. The van der Waals surface area contributed by atoms with Gasteiger partial charge in [0.1, 0.15) is 0 Å². The van der Waals surface area contributed by atoms with Crippen molar-refractivity contribution in [2.24, 2.45) is 0 Å². The molecule has 27 heteroatoms. The predicted molar refractivity (Wildman–Crippen MR) is 117 cm³/mol. The van der Waals surface area contributed by atoms with E-state index in [2.05, 4.69) is 20.8 Å². The van der Waals surface area contributed by atoms with E-state index in [1.54, 1.807) is 0 Å². The Kier molecular flexibility index (Phi) is 28.5. The summed E-state index contributed by atoms with van der Waals surface area (Å²) in [7, 11) is -21.6. The normalized spacial score (nSPS) is 12.8. The summed E-state index contributed by atoms with van der Waals surface area (Å²) in [5.41, 5.74) is -16.9. The minimum absolute atomic E-state index is 0.